The second kappa shape index (κ2) is 3.62. The van der Waals surface area contributed by atoms with Gasteiger partial charge in [-0.15, -0.1) is 0 Å². The van der Waals surface area contributed by atoms with E-state index in [1.807, 2.05) is 25.1 Å². The van der Waals surface area contributed by atoms with Crippen LogP contribution in [0.2, 0.25) is 5.02 Å². The lowest BCUT2D eigenvalue weighted by Gasteiger charge is -2.10. The van der Waals surface area contributed by atoms with Gasteiger partial charge < -0.3 is 5.32 Å². The number of halogens is 1. The molecule has 0 spiro atoms. The van der Waals surface area contributed by atoms with E-state index in [4.69, 9.17) is 11.6 Å². The third-order valence-corrected chi connectivity index (χ3v) is 2.90. The number of nitrogens with one attached hydrogen (secondary N) is 1. The first-order chi connectivity index (χ1) is 6.68. The Bertz CT molecular complexity index is 376. The molecule has 0 fully saturated rings. The highest BCUT2D eigenvalue weighted by Crippen LogP contribution is 2.26. The topological polar surface area (TPSA) is 29.1 Å². The molecule has 0 radical (unpaired) electrons. The zero-order valence-corrected chi connectivity index (χ0v) is 8.77. The van der Waals surface area contributed by atoms with E-state index in [1.54, 1.807) is 0 Å². The minimum atomic E-state index is -0.0915. The molecule has 0 bridgehead atoms. The summed E-state index contributed by atoms with van der Waals surface area (Å²) in [4.78, 5) is 11.5. The summed E-state index contributed by atoms with van der Waals surface area (Å²) >= 11 is 5.91. The van der Waals surface area contributed by atoms with Crippen molar-refractivity contribution in [1.82, 2.24) is 5.32 Å². The van der Waals surface area contributed by atoms with Crippen molar-refractivity contribution >= 4 is 17.5 Å². The van der Waals surface area contributed by atoms with Gasteiger partial charge in [0.25, 0.3) is 0 Å². The highest BCUT2D eigenvalue weighted by atomic mass is 35.5. The minimum Gasteiger partial charge on any atom is -0.355 e. The second-order valence-electron chi connectivity index (χ2n) is 3.61. The Labute approximate surface area is 88.3 Å². The van der Waals surface area contributed by atoms with Gasteiger partial charge in [0.15, 0.2) is 0 Å². The van der Waals surface area contributed by atoms with Crippen LogP contribution in [-0.2, 0) is 11.2 Å². The van der Waals surface area contributed by atoms with Crippen molar-refractivity contribution in [2.45, 2.75) is 19.3 Å². The van der Waals surface area contributed by atoms with E-state index in [-0.39, 0.29) is 11.8 Å². The van der Waals surface area contributed by atoms with Gasteiger partial charge in [0, 0.05) is 11.6 Å². The SMILES string of the molecule is C[C@H]1C(=O)NCCc2ccc(Cl)cc21. The molecule has 1 N–H and O–H groups in total. The normalized spacial score (nSPS) is 21.0. The van der Waals surface area contributed by atoms with E-state index in [1.165, 1.54) is 5.56 Å². The largest absolute Gasteiger partial charge is 0.355 e. The van der Waals surface area contributed by atoms with Crippen molar-refractivity contribution in [2.24, 2.45) is 0 Å². The summed E-state index contributed by atoms with van der Waals surface area (Å²) in [5.41, 5.74) is 2.28. The van der Waals surface area contributed by atoms with Crippen molar-refractivity contribution in [3.05, 3.63) is 34.3 Å². The first-order valence-corrected chi connectivity index (χ1v) is 5.12. The lowest BCUT2D eigenvalue weighted by molar-refractivity contribution is -0.121. The second-order valence-corrected chi connectivity index (χ2v) is 4.04. The molecule has 2 nitrogen and oxygen atoms in total. The summed E-state index contributed by atoms with van der Waals surface area (Å²) < 4.78 is 0. The van der Waals surface area contributed by atoms with Crippen molar-refractivity contribution < 1.29 is 4.79 Å². The molecule has 1 atom stereocenters. The van der Waals surface area contributed by atoms with Gasteiger partial charge >= 0.3 is 0 Å². The maximum absolute atomic E-state index is 11.5. The number of fused-ring (bicyclic) bond motifs is 1. The summed E-state index contributed by atoms with van der Waals surface area (Å²) in [5, 5.41) is 3.58. The summed E-state index contributed by atoms with van der Waals surface area (Å²) in [6.45, 7) is 2.63. The van der Waals surface area contributed by atoms with Gasteiger partial charge in [-0.3, -0.25) is 4.79 Å². The Balaban J connectivity index is 2.49. The molecular formula is C11H12ClNO. The molecule has 0 saturated carbocycles. The molecule has 0 aromatic heterocycles. The fourth-order valence-electron chi connectivity index (χ4n) is 1.81. The summed E-state index contributed by atoms with van der Waals surface area (Å²) in [7, 11) is 0. The summed E-state index contributed by atoms with van der Waals surface area (Å²) in [5.74, 6) is -0.00258. The van der Waals surface area contributed by atoms with Crippen LogP contribution in [-0.4, -0.2) is 12.5 Å². The molecule has 0 saturated heterocycles. The van der Waals surface area contributed by atoms with Crippen LogP contribution >= 0.6 is 11.6 Å². The van der Waals surface area contributed by atoms with E-state index < -0.39 is 0 Å². The Morgan fingerprint density at radius 3 is 3.07 bits per heavy atom. The van der Waals surface area contributed by atoms with Crippen LogP contribution < -0.4 is 5.32 Å². The predicted octanol–water partition coefficient (Wildman–Crippen LogP) is 2.12. The van der Waals surface area contributed by atoms with Gasteiger partial charge in [0.2, 0.25) is 5.91 Å². The molecule has 1 amide bonds. The fraction of sp³-hybridized carbons (Fsp3) is 0.364. The molecule has 14 heavy (non-hydrogen) atoms. The molecule has 1 aliphatic heterocycles. The molecule has 0 unspecified atom stereocenters. The third-order valence-electron chi connectivity index (χ3n) is 2.66. The molecule has 1 aromatic carbocycles. The molecule has 1 aliphatic rings. The van der Waals surface area contributed by atoms with Crippen molar-refractivity contribution in [3.8, 4) is 0 Å². The zero-order valence-electron chi connectivity index (χ0n) is 8.01. The van der Waals surface area contributed by atoms with Crippen LogP contribution in [0.1, 0.15) is 24.0 Å². The molecular weight excluding hydrogens is 198 g/mol. The smallest absolute Gasteiger partial charge is 0.227 e. The van der Waals surface area contributed by atoms with Crippen LogP contribution in [0.5, 0.6) is 0 Å². The Morgan fingerprint density at radius 1 is 1.50 bits per heavy atom. The van der Waals surface area contributed by atoms with E-state index in [0.29, 0.717) is 5.02 Å². The standard InChI is InChI=1S/C11H12ClNO/c1-7-10-6-9(12)3-2-8(10)4-5-13-11(7)14/h2-3,6-7H,4-5H2,1H3,(H,13,14)/t7-/m1/s1. The predicted molar refractivity (Wildman–Crippen MR) is 56.6 cm³/mol. The number of benzene rings is 1. The minimum absolute atomic E-state index is 0.0889. The lowest BCUT2D eigenvalue weighted by Crippen LogP contribution is -2.26. The fourth-order valence-corrected chi connectivity index (χ4v) is 1.99. The number of hydrogen-bond donors (Lipinski definition) is 1. The third kappa shape index (κ3) is 1.62. The highest BCUT2D eigenvalue weighted by Gasteiger charge is 2.21. The van der Waals surface area contributed by atoms with Crippen LogP contribution in [0, 0.1) is 0 Å². The van der Waals surface area contributed by atoms with Crippen LogP contribution in [0.25, 0.3) is 0 Å². The molecule has 3 heteroatoms. The molecule has 1 heterocycles. The van der Waals surface area contributed by atoms with Gasteiger partial charge in [-0.25, -0.2) is 0 Å². The summed E-state index contributed by atoms with van der Waals surface area (Å²) in [6.07, 6.45) is 0.891. The van der Waals surface area contributed by atoms with Gasteiger partial charge in [-0.05, 0) is 36.6 Å². The Morgan fingerprint density at radius 2 is 2.29 bits per heavy atom. The van der Waals surface area contributed by atoms with Gasteiger partial charge in [-0.1, -0.05) is 17.7 Å². The van der Waals surface area contributed by atoms with Crippen molar-refractivity contribution in [2.75, 3.05) is 6.54 Å². The number of hydrogen-bond acceptors (Lipinski definition) is 1. The average molecular weight is 210 g/mol. The van der Waals surface area contributed by atoms with Gasteiger partial charge in [-0.2, -0.15) is 0 Å². The first-order valence-electron chi connectivity index (χ1n) is 4.74. The van der Waals surface area contributed by atoms with Gasteiger partial charge in [0.1, 0.15) is 0 Å². The molecule has 0 aliphatic carbocycles. The van der Waals surface area contributed by atoms with E-state index in [0.717, 1.165) is 18.5 Å². The Kier molecular flexibility index (Phi) is 2.46. The molecule has 74 valence electrons. The quantitative estimate of drug-likeness (QED) is 0.697. The van der Waals surface area contributed by atoms with Crippen LogP contribution in [0.3, 0.4) is 0 Å². The van der Waals surface area contributed by atoms with Crippen LogP contribution in [0.4, 0.5) is 0 Å². The first kappa shape index (κ1) is 9.53. The summed E-state index contributed by atoms with van der Waals surface area (Å²) in [6, 6.07) is 5.78. The average Bonchev–Trinajstić information content (AvgIpc) is 2.30. The maximum atomic E-state index is 11.5. The molecule has 1 aromatic rings. The highest BCUT2D eigenvalue weighted by molar-refractivity contribution is 6.30. The number of amides is 1. The van der Waals surface area contributed by atoms with E-state index in [9.17, 15) is 4.79 Å². The monoisotopic (exact) mass is 209 g/mol. The van der Waals surface area contributed by atoms with Crippen LogP contribution in [0.15, 0.2) is 18.2 Å². The number of carbonyl (C=O) groups is 1. The lowest BCUT2D eigenvalue weighted by atomic mass is 9.95. The van der Waals surface area contributed by atoms with Crippen molar-refractivity contribution in [1.29, 1.82) is 0 Å². The Hall–Kier alpha value is -1.02. The number of rotatable bonds is 0. The molecule has 2 rings (SSSR count). The van der Waals surface area contributed by atoms with Gasteiger partial charge in [0.05, 0.1) is 5.92 Å². The zero-order chi connectivity index (χ0) is 10.1. The maximum Gasteiger partial charge on any atom is 0.227 e. The number of carbonyl (C=O) groups excluding carboxylic acids is 1. The van der Waals surface area contributed by atoms with E-state index >= 15 is 0 Å². The van der Waals surface area contributed by atoms with Crippen molar-refractivity contribution in [3.63, 3.8) is 0 Å². The van der Waals surface area contributed by atoms with E-state index in [2.05, 4.69) is 5.32 Å².